The Hall–Kier alpha value is -1.72. The van der Waals surface area contributed by atoms with Crippen LogP contribution in [0.4, 0.5) is 0 Å². The molecule has 0 saturated heterocycles. The number of carbonyl (C=O) groups is 1. The van der Waals surface area contributed by atoms with Crippen LogP contribution in [0, 0.1) is 0 Å². The van der Waals surface area contributed by atoms with Crippen LogP contribution in [0.3, 0.4) is 0 Å². The van der Waals surface area contributed by atoms with Gasteiger partial charge in [-0.2, -0.15) is 0 Å². The van der Waals surface area contributed by atoms with Gasteiger partial charge in [-0.3, -0.25) is 4.79 Å². The van der Waals surface area contributed by atoms with Crippen LogP contribution in [-0.2, 0) is 18.4 Å². The number of amides is 1. The van der Waals surface area contributed by atoms with E-state index in [1.54, 1.807) is 13.1 Å². The zero-order chi connectivity index (χ0) is 17.5. The summed E-state index contributed by atoms with van der Waals surface area (Å²) in [6.07, 6.45) is 1.83. The van der Waals surface area contributed by atoms with Crippen LogP contribution < -0.4 is 0 Å². The maximum absolute atomic E-state index is 12.7. The number of aliphatic hydroxyl groups excluding tert-OH is 1. The third-order valence-electron chi connectivity index (χ3n) is 4.46. The topological polar surface area (TPSA) is 53.4 Å². The number of rotatable bonds is 2. The van der Waals surface area contributed by atoms with Gasteiger partial charge in [-0.05, 0) is 35.4 Å². The first-order chi connectivity index (χ1) is 11.3. The lowest BCUT2D eigenvalue weighted by atomic mass is 9.84. The summed E-state index contributed by atoms with van der Waals surface area (Å²) in [6.45, 7) is 9.64. The van der Waals surface area contributed by atoms with Crippen LogP contribution in [-0.4, -0.2) is 27.4 Å². The van der Waals surface area contributed by atoms with E-state index in [9.17, 15) is 9.90 Å². The summed E-state index contributed by atoms with van der Waals surface area (Å²) in [4.78, 5) is 19.4. The molecule has 0 spiro atoms. The third kappa shape index (κ3) is 3.37. The van der Waals surface area contributed by atoms with Gasteiger partial charge in [-0.25, -0.2) is 4.98 Å². The Morgan fingerprint density at radius 1 is 1.33 bits per heavy atom. The second kappa shape index (κ2) is 6.30. The van der Waals surface area contributed by atoms with Gasteiger partial charge in [-0.1, -0.05) is 39.0 Å². The molecule has 1 N–H and O–H groups in total. The molecular formula is C19H24N2O2S. The van der Waals surface area contributed by atoms with Crippen LogP contribution in [0.25, 0.3) is 0 Å². The molecule has 2 heterocycles. The van der Waals surface area contributed by atoms with Gasteiger partial charge in [0.25, 0.3) is 5.91 Å². The number of benzene rings is 1. The standard InChI is InChI=1S/C19H24N2O2S/c1-12(22)17-20-10-16(24-17)18(23)21-8-7-13-5-6-15(19(2,3)4)9-14(13)11-21/h5-6,9-10,12,22H,7-8,11H2,1-4H3/t12-/m1/s1. The van der Waals surface area contributed by atoms with Gasteiger partial charge in [0.15, 0.2) is 0 Å². The highest BCUT2D eigenvalue weighted by molar-refractivity contribution is 7.13. The molecule has 0 bridgehead atoms. The van der Waals surface area contributed by atoms with Crippen LogP contribution in [0.5, 0.6) is 0 Å². The smallest absolute Gasteiger partial charge is 0.265 e. The minimum atomic E-state index is -0.632. The average Bonchev–Trinajstić information content (AvgIpc) is 3.02. The number of hydrogen-bond donors (Lipinski definition) is 1. The molecule has 4 nitrogen and oxygen atoms in total. The van der Waals surface area contributed by atoms with Crippen LogP contribution in [0.1, 0.15) is 65.2 Å². The first-order valence-corrected chi connectivity index (χ1v) is 9.12. The van der Waals surface area contributed by atoms with Crippen LogP contribution in [0.15, 0.2) is 24.4 Å². The van der Waals surface area contributed by atoms with Crippen molar-refractivity contribution in [2.24, 2.45) is 0 Å². The highest BCUT2D eigenvalue weighted by Crippen LogP contribution is 2.29. The molecule has 0 aliphatic carbocycles. The maximum Gasteiger partial charge on any atom is 0.265 e. The van der Waals surface area contributed by atoms with Crippen molar-refractivity contribution in [1.29, 1.82) is 0 Å². The van der Waals surface area contributed by atoms with E-state index in [0.29, 0.717) is 16.4 Å². The van der Waals surface area contributed by atoms with Gasteiger partial charge in [-0.15, -0.1) is 11.3 Å². The van der Waals surface area contributed by atoms with E-state index in [2.05, 4.69) is 44.0 Å². The number of aromatic nitrogens is 1. The quantitative estimate of drug-likeness (QED) is 0.904. The third-order valence-corrected chi connectivity index (χ3v) is 5.62. The van der Waals surface area contributed by atoms with E-state index in [0.717, 1.165) is 13.0 Å². The molecular weight excluding hydrogens is 320 g/mol. The molecule has 1 amide bonds. The molecule has 1 atom stereocenters. The fraction of sp³-hybridized carbons (Fsp3) is 0.474. The average molecular weight is 344 g/mol. The molecule has 128 valence electrons. The van der Waals surface area contributed by atoms with Crippen LogP contribution in [0.2, 0.25) is 0 Å². The Morgan fingerprint density at radius 3 is 2.71 bits per heavy atom. The molecule has 0 saturated carbocycles. The van der Waals surface area contributed by atoms with E-state index in [-0.39, 0.29) is 11.3 Å². The number of aliphatic hydroxyl groups is 1. The minimum absolute atomic E-state index is 0.00575. The van der Waals surface area contributed by atoms with Gasteiger partial charge in [0.05, 0.1) is 6.20 Å². The summed E-state index contributed by atoms with van der Waals surface area (Å²) >= 11 is 1.28. The lowest BCUT2D eigenvalue weighted by Gasteiger charge is -2.30. The van der Waals surface area contributed by atoms with Crippen molar-refractivity contribution in [1.82, 2.24) is 9.88 Å². The predicted molar refractivity (Wildman–Crippen MR) is 96.3 cm³/mol. The number of hydrogen-bond acceptors (Lipinski definition) is 4. The van der Waals surface area contributed by atoms with Crippen molar-refractivity contribution in [3.05, 3.63) is 51.0 Å². The largest absolute Gasteiger partial charge is 0.386 e. The van der Waals surface area contributed by atoms with Crippen molar-refractivity contribution in [2.75, 3.05) is 6.54 Å². The normalized spacial score (nSPS) is 16.0. The summed E-state index contributed by atoms with van der Waals surface area (Å²) in [5.41, 5.74) is 3.97. The van der Waals surface area contributed by atoms with Crippen LogP contribution >= 0.6 is 11.3 Å². The van der Waals surface area contributed by atoms with E-state index in [1.165, 1.54) is 28.0 Å². The molecule has 0 radical (unpaired) electrons. The monoisotopic (exact) mass is 344 g/mol. The van der Waals surface area contributed by atoms with E-state index >= 15 is 0 Å². The second-order valence-corrected chi connectivity index (χ2v) is 8.51. The van der Waals surface area contributed by atoms with Gasteiger partial charge < -0.3 is 10.0 Å². The molecule has 0 unspecified atom stereocenters. The highest BCUT2D eigenvalue weighted by Gasteiger charge is 2.25. The highest BCUT2D eigenvalue weighted by atomic mass is 32.1. The lowest BCUT2D eigenvalue weighted by molar-refractivity contribution is 0.0739. The summed E-state index contributed by atoms with van der Waals surface area (Å²) < 4.78 is 0. The molecule has 1 aromatic carbocycles. The lowest BCUT2D eigenvalue weighted by Crippen LogP contribution is -2.35. The molecule has 3 rings (SSSR count). The minimum Gasteiger partial charge on any atom is -0.386 e. The van der Waals surface area contributed by atoms with Gasteiger partial charge in [0.1, 0.15) is 16.0 Å². The summed E-state index contributed by atoms with van der Waals surface area (Å²) in [5.74, 6) is 0.00575. The summed E-state index contributed by atoms with van der Waals surface area (Å²) in [6, 6.07) is 6.65. The van der Waals surface area contributed by atoms with Gasteiger partial charge in [0.2, 0.25) is 0 Å². The van der Waals surface area contributed by atoms with E-state index in [1.807, 2.05) is 4.90 Å². The van der Waals surface area contributed by atoms with Gasteiger partial charge >= 0.3 is 0 Å². The molecule has 1 aromatic heterocycles. The summed E-state index contributed by atoms with van der Waals surface area (Å²) in [5, 5.41) is 10.2. The zero-order valence-corrected chi connectivity index (χ0v) is 15.5. The molecule has 2 aromatic rings. The van der Waals surface area contributed by atoms with Crippen molar-refractivity contribution < 1.29 is 9.90 Å². The predicted octanol–water partition coefficient (Wildman–Crippen LogP) is 3.69. The summed E-state index contributed by atoms with van der Waals surface area (Å²) in [7, 11) is 0. The molecule has 0 fully saturated rings. The van der Waals surface area contributed by atoms with E-state index in [4.69, 9.17) is 0 Å². The zero-order valence-electron chi connectivity index (χ0n) is 14.7. The molecule has 5 heteroatoms. The maximum atomic E-state index is 12.7. The Labute approximate surface area is 147 Å². The number of fused-ring (bicyclic) bond motifs is 1. The number of nitrogens with zero attached hydrogens (tertiary/aromatic N) is 2. The SMILES string of the molecule is C[C@@H](O)c1ncc(C(=O)N2CCc3ccc(C(C)(C)C)cc3C2)s1. The van der Waals surface area contributed by atoms with Crippen molar-refractivity contribution in [3.8, 4) is 0 Å². The fourth-order valence-corrected chi connectivity index (χ4v) is 3.76. The first kappa shape index (κ1) is 17.1. The van der Waals surface area contributed by atoms with Crippen molar-refractivity contribution >= 4 is 17.2 Å². The Kier molecular flexibility index (Phi) is 4.49. The Morgan fingerprint density at radius 2 is 2.08 bits per heavy atom. The van der Waals surface area contributed by atoms with E-state index < -0.39 is 6.10 Å². The Bertz CT molecular complexity index is 759. The fourth-order valence-electron chi connectivity index (χ4n) is 2.93. The van der Waals surface area contributed by atoms with Crippen molar-refractivity contribution in [3.63, 3.8) is 0 Å². The number of thiazole rings is 1. The molecule has 1 aliphatic rings. The second-order valence-electron chi connectivity index (χ2n) is 7.45. The first-order valence-electron chi connectivity index (χ1n) is 8.31. The number of carbonyl (C=O) groups excluding carboxylic acids is 1. The van der Waals surface area contributed by atoms with Gasteiger partial charge in [0, 0.05) is 13.1 Å². The molecule has 1 aliphatic heterocycles. The van der Waals surface area contributed by atoms with Crippen molar-refractivity contribution in [2.45, 2.75) is 52.2 Å². The molecule has 24 heavy (non-hydrogen) atoms. The Balaban J connectivity index is 1.82.